The lowest BCUT2D eigenvalue weighted by molar-refractivity contribution is 0.530. The molecule has 12 heavy (non-hydrogen) atoms. The van der Waals surface area contributed by atoms with Crippen LogP contribution in [0.5, 0.6) is 0 Å². The first-order valence-corrected chi connectivity index (χ1v) is 4.78. The molecule has 0 N–H and O–H groups in total. The summed E-state index contributed by atoms with van der Waals surface area (Å²) in [4.78, 5) is 0. The first-order valence-electron chi connectivity index (χ1n) is 4.35. The molecule has 1 aromatic rings. The average molecular weight is 181 g/mol. The fourth-order valence-electron chi connectivity index (χ4n) is 1.94. The van der Waals surface area contributed by atoms with Crippen molar-refractivity contribution < 1.29 is 0 Å². The van der Waals surface area contributed by atoms with Gasteiger partial charge in [0.2, 0.25) is 0 Å². The summed E-state index contributed by atoms with van der Waals surface area (Å²) < 4.78 is 0. The lowest BCUT2D eigenvalue weighted by Crippen LogP contribution is -2.24. The van der Waals surface area contributed by atoms with Crippen molar-refractivity contribution in [2.75, 3.05) is 0 Å². The molecule has 1 atom stereocenters. The highest BCUT2D eigenvalue weighted by Gasteiger charge is 2.37. The molecule has 1 aliphatic rings. The van der Waals surface area contributed by atoms with Crippen LogP contribution >= 0.6 is 11.6 Å². The van der Waals surface area contributed by atoms with Gasteiger partial charge in [0, 0.05) is 10.8 Å². The maximum absolute atomic E-state index is 6.27. The van der Waals surface area contributed by atoms with Crippen LogP contribution in [-0.4, -0.2) is 5.38 Å². The number of hydrogen-bond donors (Lipinski definition) is 0. The van der Waals surface area contributed by atoms with E-state index < -0.39 is 0 Å². The highest BCUT2D eigenvalue weighted by atomic mass is 35.5. The Balaban J connectivity index is 2.55. The van der Waals surface area contributed by atoms with Crippen LogP contribution in [0, 0.1) is 0 Å². The van der Waals surface area contributed by atoms with E-state index in [9.17, 15) is 0 Å². The first-order chi connectivity index (χ1) is 5.62. The molecule has 0 saturated heterocycles. The van der Waals surface area contributed by atoms with Crippen molar-refractivity contribution >= 4 is 11.6 Å². The Bertz CT molecular complexity index is 302. The van der Waals surface area contributed by atoms with Crippen molar-refractivity contribution in [1.82, 2.24) is 0 Å². The molecule has 0 spiro atoms. The third kappa shape index (κ3) is 0.980. The summed E-state index contributed by atoms with van der Waals surface area (Å²) in [5.74, 6) is 0. The Hall–Kier alpha value is -0.490. The van der Waals surface area contributed by atoms with Crippen LogP contribution in [0.15, 0.2) is 24.3 Å². The van der Waals surface area contributed by atoms with Crippen molar-refractivity contribution in [3.8, 4) is 0 Å². The van der Waals surface area contributed by atoms with Crippen molar-refractivity contribution in [3.63, 3.8) is 0 Å². The van der Waals surface area contributed by atoms with Gasteiger partial charge in [0.15, 0.2) is 0 Å². The fraction of sp³-hybridized carbons (Fsp3) is 0.455. The van der Waals surface area contributed by atoms with Crippen molar-refractivity contribution in [2.45, 2.75) is 31.1 Å². The molecule has 0 radical (unpaired) electrons. The molecular weight excluding hydrogens is 168 g/mol. The maximum atomic E-state index is 6.27. The lowest BCUT2D eigenvalue weighted by atomic mass is 9.86. The van der Waals surface area contributed by atoms with Gasteiger partial charge in [-0.05, 0) is 17.5 Å². The highest BCUT2D eigenvalue weighted by Crippen LogP contribution is 2.41. The molecule has 1 unspecified atom stereocenters. The van der Waals surface area contributed by atoms with Crippen LogP contribution in [0.25, 0.3) is 0 Å². The Morgan fingerprint density at radius 1 is 1.33 bits per heavy atom. The largest absolute Gasteiger partial charge is 0.122 e. The zero-order valence-corrected chi connectivity index (χ0v) is 8.23. The standard InChI is InChI=1S/C11H13Cl/c1-11(2)9-6-4-3-5-8(9)7-10(11)12/h3-6,10H,7H2,1-2H3. The molecule has 2 rings (SSSR count). The topological polar surface area (TPSA) is 0 Å². The van der Waals surface area contributed by atoms with Crippen molar-refractivity contribution in [1.29, 1.82) is 0 Å². The third-order valence-corrected chi connectivity index (χ3v) is 3.59. The van der Waals surface area contributed by atoms with Crippen LogP contribution in [-0.2, 0) is 11.8 Å². The number of benzene rings is 1. The van der Waals surface area contributed by atoms with Crippen molar-refractivity contribution in [2.24, 2.45) is 0 Å². The Morgan fingerprint density at radius 3 is 2.67 bits per heavy atom. The van der Waals surface area contributed by atoms with Gasteiger partial charge in [-0.25, -0.2) is 0 Å². The third-order valence-electron chi connectivity index (χ3n) is 2.89. The monoisotopic (exact) mass is 180 g/mol. The van der Waals surface area contributed by atoms with Gasteiger partial charge < -0.3 is 0 Å². The van der Waals surface area contributed by atoms with E-state index >= 15 is 0 Å². The smallest absolute Gasteiger partial charge is 0.0467 e. The van der Waals surface area contributed by atoms with E-state index in [-0.39, 0.29) is 10.8 Å². The van der Waals surface area contributed by atoms with Crippen LogP contribution < -0.4 is 0 Å². The van der Waals surface area contributed by atoms with Crippen LogP contribution in [0.3, 0.4) is 0 Å². The van der Waals surface area contributed by atoms with Gasteiger partial charge in [-0.3, -0.25) is 0 Å². The highest BCUT2D eigenvalue weighted by molar-refractivity contribution is 6.22. The van der Waals surface area contributed by atoms with Gasteiger partial charge in [-0.15, -0.1) is 11.6 Å². The van der Waals surface area contributed by atoms with E-state index in [0.29, 0.717) is 0 Å². The number of halogens is 1. The zero-order chi connectivity index (χ0) is 8.77. The SMILES string of the molecule is CC1(C)c2ccccc2CC1Cl. The van der Waals surface area contributed by atoms with Gasteiger partial charge in [0.1, 0.15) is 0 Å². The summed E-state index contributed by atoms with van der Waals surface area (Å²) in [6.45, 7) is 4.44. The van der Waals surface area contributed by atoms with Gasteiger partial charge in [0.05, 0.1) is 0 Å². The molecule has 1 aliphatic carbocycles. The summed E-state index contributed by atoms with van der Waals surface area (Å²) in [6, 6.07) is 8.55. The van der Waals surface area contributed by atoms with E-state index in [2.05, 4.69) is 38.1 Å². The van der Waals surface area contributed by atoms with Gasteiger partial charge in [0.25, 0.3) is 0 Å². The Kier molecular flexibility index (Phi) is 1.69. The van der Waals surface area contributed by atoms with E-state index in [1.54, 1.807) is 0 Å². The summed E-state index contributed by atoms with van der Waals surface area (Å²) in [7, 11) is 0. The molecule has 0 nitrogen and oxygen atoms in total. The second kappa shape index (κ2) is 2.50. The molecule has 0 amide bonds. The van der Waals surface area contributed by atoms with E-state index in [0.717, 1.165) is 6.42 Å². The molecule has 0 bridgehead atoms. The maximum Gasteiger partial charge on any atom is 0.0467 e. The van der Waals surface area contributed by atoms with E-state index in [1.165, 1.54) is 11.1 Å². The summed E-state index contributed by atoms with van der Waals surface area (Å²) in [5.41, 5.74) is 2.99. The lowest BCUT2D eigenvalue weighted by Gasteiger charge is -2.23. The van der Waals surface area contributed by atoms with Crippen LogP contribution in [0.2, 0.25) is 0 Å². The van der Waals surface area contributed by atoms with Gasteiger partial charge >= 0.3 is 0 Å². The first kappa shape index (κ1) is 8.12. The number of fused-ring (bicyclic) bond motifs is 1. The summed E-state index contributed by atoms with van der Waals surface area (Å²) in [6.07, 6.45) is 1.02. The molecule has 0 aliphatic heterocycles. The molecule has 0 saturated carbocycles. The Morgan fingerprint density at radius 2 is 2.00 bits per heavy atom. The van der Waals surface area contributed by atoms with E-state index in [4.69, 9.17) is 11.6 Å². The minimum absolute atomic E-state index is 0.151. The molecular formula is C11H13Cl. The summed E-state index contributed by atoms with van der Waals surface area (Å²) in [5, 5.41) is 0.259. The molecule has 1 aromatic carbocycles. The summed E-state index contributed by atoms with van der Waals surface area (Å²) >= 11 is 6.27. The molecule has 0 fully saturated rings. The number of alkyl halides is 1. The quantitative estimate of drug-likeness (QED) is 0.539. The Labute approximate surface area is 78.6 Å². The number of hydrogen-bond acceptors (Lipinski definition) is 0. The minimum atomic E-state index is 0.151. The molecule has 0 aromatic heterocycles. The second-order valence-electron chi connectivity index (χ2n) is 4.05. The normalized spacial score (nSPS) is 25.4. The van der Waals surface area contributed by atoms with Crippen LogP contribution in [0.4, 0.5) is 0 Å². The fourth-order valence-corrected chi connectivity index (χ4v) is 2.23. The predicted molar refractivity (Wildman–Crippen MR) is 52.8 cm³/mol. The minimum Gasteiger partial charge on any atom is -0.122 e. The molecule has 1 heteroatoms. The van der Waals surface area contributed by atoms with Crippen LogP contribution in [0.1, 0.15) is 25.0 Å². The number of rotatable bonds is 0. The predicted octanol–water partition coefficient (Wildman–Crippen LogP) is 3.13. The van der Waals surface area contributed by atoms with Gasteiger partial charge in [-0.2, -0.15) is 0 Å². The molecule has 0 heterocycles. The second-order valence-corrected chi connectivity index (χ2v) is 4.58. The average Bonchev–Trinajstić information content (AvgIpc) is 2.25. The van der Waals surface area contributed by atoms with Crippen molar-refractivity contribution in [3.05, 3.63) is 35.4 Å². The zero-order valence-electron chi connectivity index (χ0n) is 7.47. The molecule has 64 valence electrons. The van der Waals surface area contributed by atoms with Gasteiger partial charge in [-0.1, -0.05) is 38.1 Å². The van der Waals surface area contributed by atoms with E-state index in [1.807, 2.05) is 0 Å².